The van der Waals surface area contributed by atoms with Gasteiger partial charge < -0.3 is 0 Å². The van der Waals surface area contributed by atoms with Crippen molar-refractivity contribution in [1.82, 2.24) is 0 Å². The Hall–Kier alpha value is -2.12. The number of halogens is 2. The minimum absolute atomic E-state index is 0.158. The van der Waals surface area contributed by atoms with Crippen molar-refractivity contribution < 1.29 is 4.39 Å². The third-order valence-corrected chi connectivity index (χ3v) is 4.78. The van der Waals surface area contributed by atoms with Crippen LogP contribution in [0.5, 0.6) is 0 Å². The second-order valence-corrected chi connectivity index (χ2v) is 6.80. The highest BCUT2D eigenvalue weighted by atomic mass is 35.5. The molecule has 3 rings (SSSR count). The van der Waals surface area contributed by atoms with Crippen LogP contribution in [0.15, 0.2) is 66.7 Å². The van der Waals surface area contributed by atoms with Crippen LogP contribution in [0.25, 0.3) is 11.1 Å². The topological polar surface area (TPSA) is 0 Å². The lowest BCUT2D eigenvalue weighted by Gasteiger charge is -2.07. The summed E-state index contributed by atoms with van der Waals surface area (Å²) in [5.74, 6) is -0.380. The van der Waals surface area contributed by atoms with Gasteiger partial charge >= 0.3 is 0 Å². The van der Waals surface area contributed by atoms with Crippen molar-refractivity contribution in [3.05, 3.63) is 94.3 Å². The van der Waals surface area contributed by atoms with Gasteiger partial charge in [0, 0.05) is 0 Å². The average molecular weight is 353 g/mol. The van der Waals surface area contributed by atoms with Gasteiger partial charge in [-0.05, 0) is 59.2 Å². The zero-order valence-electron chi connectivity index (χ0n) is 14.4. The van der Waals surface area contributed by atoms with E-state index in [9.17, 15) is 4.39 Å². The minimum atomic E-state index is -0.380. The van der Waals surface area contributed by atoms with Crippen LogP contribution in [0, 0.1) is 5.82 Å². The summed E-state index contributed by atoms with van der Waals surface area (Å²) in [6.07, 6.45) is 4.36. The standard InChI is InChI=1S/C23H22ClF/c1-2-3-17-4-6-18(7-5-17)8-9-19-10-12-20(13-11-19)21-14-15-22(24)23(25)16-21/h4-7,10-16H,2-3,8-9H2,1H3. The van der Waals surface area contributed by atoms with Gasteiger partial charge in [0.25, 0.3) is 0 Å². The summed E-state index contributed by atoms with van der Waals surface area (Å²) >= 11 is 5.75. The van der Waals surface area contributed by atoms with Gasteiger partial charge in [0.15, 0.2) is 0 Å². The maximum atomic E-state index is 13.6. The van der Waals surface area contributed by atoms with Gasteiger partial charge in [0.1, 0.15) is 5.82 Å². The van der Waals surface area contributed by atoms with Gasteiger partial charge in [0.2, 0.25) is 0 Å². The van der Waals surface area contributed by atoms with Gasteiger partial charge in [0.05, 0.1) is 5.02 Å². The lowest BCUT2D eigenvalue weighted by Crippen LogP contribution is -1.92. The largest absolute Gasteiger partial charge is 0.205 e. The Labute approximate surface area is 154 Å². The molecule has 0 saturated heterocycles. The van der Waals surface area contributed by atoms with Gasteiger partial charge in [-0.3, -0.25) is 0 Å². The van der Waals surface area contributed by atoms with Crippen molar-refractivity contribution in [2.45, 2.75) is 32.6 Å². The van der Waals surface area contributed by atoms with Gasteiger partial charge in [-0.25, -0.2) is 4.39 Å². The highest BCUT2D eigenvalue weighted by Crippen LogP contribution is 2.24. The van der Waals surface area contributed by atoms with E-state index in [4.69, 9.17) is 11.6 Å². The van der Waals surface area contributed by atoms with Gasteiger partial charge in [-0.2, -0.15) is 0 Å². The Kier molecular flexibility index (Phi) is 5.88. The highest BCUT2D eigenvalue weighted by Gasteiger charge is 2.04. The van der Waals surface area contributed by atoms with Crippen molar-refractivity contribution in [2.75, 3.05) is 0 Å². The SMILES string of the molecule is CCCc1ccc(CCc2ccc(-c3ccc(Cl)c(F)c3)cc2)cc1. The first kappa shape index (κ1) is 17.7. The fraction of sp³-hybridized carbons (Fsp3) is 0.217. The predicted octanol–water partition coefficient (Wildman–Crippen LogP) is 6.88. The molecule has 0 atom stereocenters. The smallest absolute Gasteiger partial charge is 0.142 e. The monoisotopic (exact) mass is 352 g/mol. The molecular weight excluding hydrogens is 331 g/mol. The van der Waals surface area contributed by atoms with Crippen molar-refractivity contribution in [2.24, 2.45) is 0 Å². The molecule has 0 fully saturated rings. The van der Waals surface area contributed by atoms with E-state index < -0.39 is 0 Å². The second kappa shape index (κ2) is 8.31. The molecule has 0 heterocycles. The summed E-state index contributed by atoms with van der Waals surface area (Å²) in [6, 6.07) is 22.2. The molecule has 0 spiro atoms. The highest BCUT2D eigenvalue weighted by molar-refractivity contribution is 6.30. The molecule has 0 nitrogen and oxygen atoms in total. The van der Waals surface area contributed by atoms with E-state index in [-0.39, 0.29) is 10.8 Å². The molecule has 0 bridgehead atoms. The summed E-state index contributed by atoms with van der Waals surface area (Å²) in [7, 11) is 0. The molecule has 0 aliphatic rings. The molecule has 2 heteroatoms. The first-order chi connectivity index (χ1) is 12.2. The first-order valence-corrected chi connectivity index (χ1v) is 9.15. The maximum Gasteiger partial charge on any atom is 0.142 e. The van der Waals surface area contributed by atoms with E-state index >= 15 is 0 Å². The first-order valence-electron chi connectivity index (χ1n) is 8.78. The summed E-state index contributed by atoms with van der Waals surface area (Å²) in [5.41, 5.74) is 5.91. The van der Waals surface area contributed by atoms with Gasteiger partial charge in [-0.1, -0.05) is 79.5 Å². The van der Waals surface area contributed by atoms with Crippen LogP contribution in [0.1, 0.15) is 30.0 Å². The quantitative estimate of drug-likeness (QED) is 0.453. The third kappa shape index (κ3) is 4.70. The molecule has 3 aromatic carbocycles. The molecule has 0 saturated carbocycles. The number of hydrogen-bond acceptors (Lipinski definition) is 0. The predicted molar refractivity (Wildman–Crippen MR) is 105 cm³/mol. The zero-order valence-corrected chi connectivity index (χ0v) is 15.2. The van der Waals surface area contributed by atoms with Crippen LogP contribution in [-0.4, -0.2) is 0 Å². The molecular formula is C23H22ClF. The van der Waals surface area contributed by atoms with Crippen LogP contribution >= 0.6 is 11.6 Å². The van der Waals surface area contributed by atoms with Crippen LogP contribution in [0.4, 0.5) is 4.39 Å². The Morgan fingerprint density at radius 1 is 0.680 bits per heavy atom. The Morgan fingerprint density at radius 2 is 1.16 bits per heavy atom. The number of aryl methyl sites for hydroxylation is 3. The lowest BCUT2D eigenvalue weighted by molar-refractivity contribution is 0.629. The summed E-state index contributed by atoms with van der Waals surface area (Å²) < 4.78 is 13.6. The summed E-state index contributed by atoms with van der Waals surface area (Å²) in [5, 5.41) is 0.158. The second-order valence-electron chi connectivity index (χ2n) is 6.39. The lowest BCUT2D eigenvalue weighted by atomic mass is 9.99. The zero-order chi connectivity index (χ0) is 17.6. The van der Waals surface area contributed by atoms with Crippen LogP contribution in [0.2, 0.25) is 5.02 Å². The van der Waals surface area contributed by atoms with E-state index in [0.29, 0.717) is 0 Å². The number of hydrogen-bond donors (Lipinski definition) is 0. The van der Waals surface area contributed by atoms with E-state index in [1.54, 1.807) is 6.07 Å². The van der Waals surface area contributed by atoms with E-state index in [0.717, 1.165) is 30.4 Å². The third-order valence-electron chi connectivity index (χ3n) is 4.47. The minimum Gasteiger partial charge on any atom is -0.205 e. The van der Waals surface area contributed by atoms with E-state index in [2.05, 4.69) is 43.3 Å². The molecule has 0 aromatic heterocycles. The Balaban J connectivity index is 1.63. The molecule has 3 aromatic rings. The summed E-state index contributed by atoms with van der Waals surface area (Å²) in [4.78, 5) is 0. The molecule has 0 unspecified atom stereocenters. The molecule has 0 radical (unpaired) electrons. The molecule has 25 heavy (non-hydrogen) atoms. The number of rotatable bonds is 6. The Morgan fingerprint density at radius 3 is 1.68 bits per heavy atom. The summed E-state index contributed by atoms with van der Waals surface area (Å²) in [6.45, 7) is 2.20. The van der Waals surface area contributed by atoms with Crippen molar-refractivity contribution >= 4 is 11.6 Å². The van der Waals surface area contributed by atoms with Crippen molar-refractivity contribution in [3.63, 3.8) is 0 Å². The molecule has 0 aliphatic heterocycles. The van der Waals surface area contributed by atoms with Crippen LogP contribution in [0.3, 0.4) is 0 Å². The number of benzene rings is 3. The molecule has 0 amide bonds. The molecule has 128 valence electrons. The van der Waals surface area contributed by atoms with Crippen LogP contribution in [-0.2, 0) is 19.3 Å². The maximum absolute atomic E-state index is 13.6. The van der Waals surface area contributed by atoms with Crippen LogP contribution < -0.4 is 0 Å². The van der Waals surface area contributed by atoms with Crippen molar-refractivity contribution in [1.29, 1.82) is 0 Å². The fourth-order valence-electron chi connectivity index (χ4n) is 2.99. The molecule has 0 N–H and O–H groups in total. The average Bonchev–Trinajstić information content (AvgIpc) is 2.64. The Bertz CT molecular complexity index is 820. The fourth-order valence-corrected chi connectivity index (χ4v) is 3.11. The van der Waals surface area contributed by atoms with Gasteiger partial charge in [-0.15, -0.1) is 0 Å². The van der Waals surface area contributed by atoms with E-state index in [1.807, 2.05) is 18.2 Å². The van der Waals surface area contributed by atoms with Crippen molar-refractivity contribution in [3.8, 4) is 11.1 Å². The normalized spacial score (nSPS) is 10.8. The van der Waals surface area contributed by atoms with E-state index in [1.165, 1.54) is 29.2 Å². The molecule has 0 aliphatic carbocycles.